The monoisotopic (exact) mass is 311 g/mol. The quantitative estimate of drug-likeness (QED) is 0.745. The molecule has 0 atom stereocenters. The second-order valence-corrected chi connectivity index (χ2v) is 5.71. The molecule has 0 unspecified atom stereocenters. The molecule has 0 saturated carbocycles. The Morgan fingerprint density at radius 3 is 2.52 bits per heavy atom. The molecule has 0 radical (unpaired) electrons. The number of fused-ring (bicyclic) bond motifs is 1. The molecule has 0 spiro atoms. The van der Waals surface area contributed by atoms with Crippen molar-refractivity contribution in [1.82, 2.24) is 9.55 Å². The highest BCUT2D eigenvalue weighted by Gasteiger charge is 2.19. The minimum Gasteiger partial charge on any atom is -0.378 e. The Hall–Kier alpha value is -2.40. The van der Waals surface area contributed by atoms with Gasteiger partial charge in [-0.25, -0.2) is 9.37 Å². The number of hydrogen-bond donors (Lipinski definition) is 0. The molecule has 1 aliphatic heterocycles. The van der Waals surface area contributed by atoms with Gasteiger partial charge in [0.1, 0.15) is 5.82 Å². The van der Waals surface area contributed by atoms with Crippen LogP contribution in [-0.4, -0.2) is 35.9 Å². The molecule has 0 N–H and O–H groups in total. The van der Waals surface area contributed by atoms with Crippen molar-refractivity contribution in [1.29, 1.82) is 0 Å². The van der Waals surface area contributed by atoms with Crippen molar-refractivity contribution in [3.8, 4) is 0 Å². The van der Waals surface area contributed by atoms with E-state index < -0.39 is 0 Å². The fraction of sp³-hybridized carbons (Fsp3) is 0.278. The fourth-order valence-corrected chi connectivity index (χ4v) is 3.00. The fourth-order valence-electron chi connectivity index (χ4n) is 3.00. The normalized spacial score (nSPS) is 15.3. The van der Waals surface area contributed by atoms with E-state index >= 15 is 0 Å². The summed E-state index contributed by atoms with van der Waals surface area (Å²) in [5.41, 5.74) is 3.14. The van der Waals surface area contributed by atoms with Crippen molar-refractivity contribution in [2.75, 3.05) is 31.2 Å². The van der Waals surface area contributed by atoms with Crippen LogP contribution in [0.15, 0.2) is 48.5 Å². The minimum atomic E-state index is -0.211. The molecule has 5 heteroatoms. The third-order valence-electron chi connectivity index (χ3n) is 4.18. The van der Waals surface area contributed by atoms with Gasteiger partial charge in [0.2, 0.25) is 5.95 Å². The number of hydrogen-bond acceptors (Lipinski definition) is 3. The van der Waals surface area contributed by atoms with Gasteiger partial charge >= 0.3 is 0 Å². The van der Waals surface area contributed by atoms with Crippen molar-refractivity contribution in [3.05, 3.63) is 59.9 Å². The zero-order valence-corrected chi connectivity index (χ0v) is 12.8. The molecule has 2 aromatic carbocycles. The van der Waals surface area contributed by atoms with Crippen LogP contribution in [0.1, 0.15) is 5.56 Å². The van der Waals surface area contributed by atoms with Gasteiger partial charge in [0.25, 0.3) is 0 Å². The number of nitrogens with zero attached hydrogens (tertiary/aromatic N) is 3. The van der Waals surface area contributed by atoms with Gasteiger partial charge in [0.15, 0.2) is 0 Å². The Morgan fingerprint density at radius 1 is 1.00 bits per heavy atom. The van der Waals surface area contributed by atoms with Crippen LogP contribution in [0.4, 0.5) is 10.3 Å². The molecule has 118 valence electrons. The highest BCUT2D eigenvalue weighted by atomic mass is 19.1. The number of anilines is 1. The second-order valence-electron chi connectivity index (χ2n) is 5.71. The van der Waals surface area contributed by atoms with Crippen LogP contribution in [0.5, 0.6) is 0 Å². The summed E-state index contributed by atoms with van der Waals surface area (Å²) in [6.45, 7) is 3.80. The molecular weight excluding hydrogens is 293 g/mol. The first kappa shape index (κ1) is 14.2. The predicted octanol–water partition coefficient (Wildman–Crippen LogP) is 3.06. The van der Waals surface area contributed by atoms with E-state index in [-0.39, 0.29) is 5.82 Å². The van der Waals surface area contributed by atoms with Gasteiger partial charge in [-0.15, -0.1) is 0 Å². The number of morpholine rings is 1. The highest BCUT2D eigenvalue weighted by Crippen LogP contribution is 2.24. The average Bonchev–Trinajstić information content (AvgIpc) is 2.96. The molecular formula is C18H18FN3O. The first-order chi connectivity index (χ1) is 11.3. The Bertz CT molecular complexity index is 807. The van der Waals surface area contributed by atoms with E-state index in [0.717, 1.165) is 48.8 Å². The largest absolute Gasteiger partial charge is 0.378 e. The first-order valence-electron chi connectivity index (χ1n) is 7.84. The lowest BCUT2D eigenvalue weighted by atomic mass is 10.2. The van der Waals surface area contributed by atoms with Gasteiger partial charge in [0, 0.05) is 13.1 Å². The third kappa shape index (κ3) is 2.80. The Balaban J connectivity index is 1.77. The molecule has 1 fully saturated rings. The summed E-state index contributed by atoms with van der Waals surface area (Å²) in [6.07, 6.45) is 0. The van der Waals surface area contributed by atoms with Gasteiger partial charge in [0.05, 0.1) is 30.8 Å². The van der Waals surface area contributed by atoms with E-state index in [1.807, 2.05) is 30.3 Å². The summed E-state index contributed by atoms with van der Waals surface area (Å²) in [6, 6.07) is 14.8. The summed E-state index contributed by atoms with van der Waals surface area (Å²) in [7, 11) is 0. The van der Waals surface area contributed by atoms with Gasteiger partial charge in [-0.2, -0.15) is 0 Å². The lowest BCUT2D eigenvalue weighted by Gasteiger charge is -2.28. The number of rotatable bonds is 3. The summed E-state index contributed by atoms with van der Waals surface area (Å²) in [4.78, 5) is 7.07. The smallest absolute Gasteiger partial charge is 0.207 e. The lowest BCUT2D eigenvalue weighted by Crippen LogP contribution is -2.38. The molecule has 0 amide bonds. The molecule has 1 aliphatic rings. The minimum absolute atomic E-state index is 0.211. The SMILES string of the molecule is Fc1ccc(Cn2c(N3CCOCC3)nc3ccccc32)cc1. The van der Waals surface area contributed by atoms with Crippen LogP contribution in [0, 0.1) is 5.82 Å². The summed E-state index contributed by atoms with van der Waals surface area (Å²) in [5.74, 6) is 0.747. The number of aromatic nitrogens is 2. The molecule has 23 heavy (non-hydrogen) atoms. The van der Waals surface area contributed by atoms with Gasteiger partial charge in [-0.1, -0.05) is 24.3 Å². The number of ether oxygens (including phenoxy) is 1. The molecule has 1 saturated heterocycles. The van der Waals surface area contributed by atoms with Crippen molar-refractivity contribution in [2.24, 2.45) is 0 Å². The number of para-hydroxylation sites is 2. The molecule has 1 aromatic heterocycles. The number of halogens is 1. The molecule has 0 aliphatic carbocycles. The maximum atomic E-state index is 13.1. The summed E-state index contributed by atoms with van der Waals surface area (Å²) in [5, 5.41) is 0. The molecule has 2 heterocycles. The Labute approximate surface area is 134 Å². The molecule has 0 bridgehead atoms. The third-order valence-corrected chi connectivity index (χ3v) is 4.18. The Morgan fingerprint density at radius 2 is 1.74 bits per heavy atom. The van der Waals surface area contributed by atoms with Crippen LogP contribution in [-0.2, 0) is 11.3 Å². The topological polar surface area (TPSA) is 30.3 Å². The van der Waals surface area contributed by atoms with E-state index in [2.05, 4.69) is 15.5 Å². The maximum absolute atomic E-state index is 13.1. The van der Waals surface area contributed by atoms with E-state index in [0.29, 0.717) is 6.54 Å². The highest BCUT2D eigenvalue weighted by molar-refractivity contribution is 5.79. The van der Waals surface area contributed by atoms with Crippen molar-refractivity contribution >= 4 is 17.0 Å². The summed E-state index contributed by atoms with van der Waals surface area (Å²) < 4.78 is 20.8. The zero-order valence-electron chi connectivity index (χ0n) is 12.8. The van der Waals surface area contributed by atoms with Crippen LogP contribution >= 0.6 is 0 Å². The number of imidazole rings is 1. The van der Waals surface area contributed by atoms with E-state index in [9.17, 15) is 4.39 Å². The molecule has 4 rings (SSSR count). The first-order valence-corrected chi connectivity index (χ1v) is 7.84. The van der Waals surface area contributed by atoms with Gasteiger partial charge < -0.3 is 14.2 Å². The molecule has 3 aromatic rings. The maximum Gasteiger partial charge on any atom is 0.207 e. The number of benzene rings is 2. The predicted molar refractivity (Wildman–Crippen MR) is 88.3 cm³/mol. The molecule has 4 nitrogen and oxygen atoms in total. The van der Waals surface area contributed by atoms with Crippen molar-refractivity contribution in [2.45, 2.75) is 6.54 Å². The van der Waals surface area contributed by atoms with Crippen LogP contribution < -0.4 is 4.90 Å². The van der Waals surface area contributed by atoms with Crippen molar-refractivity contribution < 1.29 is 9.13 Å². The van der Waals surface area contributed by atoms with Crippen LogP contribution in [0.3, 0.4) is 0 Å². The standard InChI is InChI=1S/C18H18FN3O/c19-15-7-5-14(6-8-15)13-22-17-4-2-1-3-16(17)20-18(22)21-9-11-23-12-10-21/h1-8H,9-13H2. The average molecular weight is 311 g/mol. The van der Waals surface area contributed by atoms with Gasteiger partial charge in [-0.05, 0) is 29.8 Å². The van der Waals surface area contributed by atoms with Gasteiger partial charge in [-0.3, -0.25) is 0 Å². The summed E-state index contributed by atoms with van der Waals surface area (Å²) >= 11 is 0. The van der Waals surface area contributed by atoms with Crippen LogP contribution in [0.2, 0.25) is 0 Å². The lowest BCUT2D eigenvalue weighted by molar-refractivity contribution is 0.121. The second kappa shape index (κ2) is 6.01. The van der Waals surface area contributed by atoms with E-state index in [4.69, 9.17) is 9.72 Å². The zero-order chi connectivity index (χ0) is 15.6. The van der Waals surface area contributed by atoms with Crippen LogP contribution in [0.25, 0.3) is 11.0 Å². The van der Waals surface area contributed by atoms with Crippen molar-refractivity contribution in [3.63, 3.8) is 0 Å². The Kier molecular flexibility index (Phi) is 3.71. The van der Waals surface area contributed by atoms with E-state index in [1.54, 1.807) is 0 Å². The van der Waals surface area contributed by atoms with E-state index in [1.165, 1.54) is 12.1 Å².